The SMILES string of the molecule is NC1(CC(=O)NC2CCCC(O)C2)CCCC1. The van der Waals surface area contributed by atoms with Gasteiger partial charge in [0.1, 0.15) is 0 Å². The molecule has 0 bridgehead atoms. The maximum atomic E-state index is 11.9. The predicted molar refractivity (Wildman–Crippen MR) is 66.4 cm³/mol. The second-order valence-corrected chi connectivity index (χ2v) is 5.83. The van der Waals surface area contributed by atoms with E-state index in [0.717, 1.165) is 44.9 Å². The van der Waals surface area contributed by atoms with Gasteiger partial charge < -0.3 is 16.2 Å². The predicted octanol–water partition coefficient (Wildman–Crippen LogP) is 1.07. The topological polar surface area (TPSA) is 75.4 Å². The highest BCUT2D eigenvalue weighted by Gasteiger charge is 2.32. The van der Waals surface area contributed by atoms with Gasteiger partial charge in [0.25, 0.3) is 0 Å². The molecule has 0 aromatic carbocycles. The van der Waals surface area contributed by atoms with Crippen molar-refractivity contribution in [3.63, 3.8) is 0 Å². The fourth-order valence-electron chi connectivity index (χ4n) is 3.15. The minimum atomic E-state index is -0.267. The zero-order valence-electron chi connectivity index (χ0n) is 10.5. The third-order valence-corrected chi connectivity index (χ3v) is 4.12. The first-order valence-electron chi connectivity index (χ1n) is 6.84. The van der Waals surface area contributed by atoms with E-state index in [2.05, 4.69) is 5.32 Å². The van der Waals surface area contributed by atoms with E-state index in [9.17, 15) is 9.90 Å². The zero-order valence-corrected chi connectivity index (χ0v) is 10.5. The summed E-state index contributed by atoms with van der Waals surface area (Å²) in [6, 6.07) is 0.149. The highest BCUT2D eigenvalue weighted by molar-refractivity contribution is 5.77. The normalized spacial score (nSPS) is 32.4. The van der Waals surface area contributed by atoms with Gasteiger partial charge in [0.05, 0.1) is 6.10 Å². The summed E-state index contributed by atoms with van der Waals surface area (Å²) in [5.74, 6) is 0.0634. The molecule has 2 atom stereocenters. The van der Waals surface area contributed by atoms with Crippen LogP contribution in [0.15, 0.2) is 0 Å². The highest BCUT2D eigenvalue weighted by Crippen LogP contribution is 2.30. The lowest BCUT2D eigenvalue weighted by atomic mass is 9.91. The van der Waals surface area contributed by atoms with Crippen molar-refractivity contribution in [2.75, 3.05) is 0 Å². The fourth-order valence-corrected chi connectivity index (χ4v) is 3.15. The summed E-state index contributed by atoms with van der Waals surface area (Å²) in [5, 5.41) is 12.6. The molecule has 2 aliphatic carbocycles. The number of carbonyl (C=O) groups excluding carboxylic acids is 1. The van der Waals surface area contributed by atoms with Crippen LogP contribution in [0, 0.1) is 0 Å². The number of rotatable bonds is 3. The van der Waals surface area contributed by atoms with E-state index in [1.807, 2.05) is 0 Å². The summed E-state index contributed by atoms with van der Waals surface area (Å²) in [5.41, 5.74) is 5.92. The molecule has 0 radical (unpaired) electrons. The standard InChI is InChI=1S/C13H24N2O2/c14-13(6-1-2-7-13)9-12(17)15-10-4-3-5-11(16)8-10/h10-11,16H,1-9,14H2,(H,15,17). The Morgan fingerprint density at radius 1 is 1.29 bits per heavy atom. The summed E-state index contributed by atoms with van der Waals surface area (Å²) < 4.78 is 0. The molecule has 2 unspecified atom stereocenters. The molecule has 2 saturated carbocycles. The quantitative estimate of drug-likeness (QED) is 0.690. The van der Waals surface area contributed by atoms with Crippen molar-refractivity contribution in [1.82, 2.24) is 5.32 Å². The molecule has 0 spiro atoms. The van der Waals surface area contributed by atoms with Crippen LogP contribution in [0.3, 0.4) is 0 Å². The van der Waals surface area contributed by atoms with Gasteiger partial charge >= 0.3 is 0 Å². The van der Waals surface area contributed by atoms with Crippen LogP contribution in [0.2, 0.25) is 0 Å². The number of hydrogen-bond acceptors (Lipinski definition) is 3. The monoisotopic (exact) mass is 240 g/mol. The molecule has 98 valence electrons. The number of nitrogens with one attached hydrogen (secondary N) is 1. The van der Waals surface area contributed by atoms with Gasteiger partial charge in [-0.25, -0.2) is 0 Å². The van der Waals surface area contributed by atoms with Crippen molar-refractivity contribution in [3.8, 4) is 0 Å². The molecule has 1 amide bonds. The number of hydrogen-bond donors (Lipinski definition) is 3. The summed E-state index contributed by atoms with van der Waals surface area (Å²) >= 11 is 0. The van der Waals surface area contributed by atoms with Gasteiger partial charge in [-0.1, -0.05) is 12.8 Å². The molecule has 2 rings (SSSR count). The molecular formula is C13H24N2O2. The van der Waals surface area contributed by atoms with Crippen LogP contribution in [0.5, 0.6) is 0 Å². The molecule has 0 aliphatic heterocycles. The minimum absolute atomic E-state index is 0.0634. The van der Waals surface area contributed by atoms with E-state index < -0.39 is 0 Å². The number of aliphatic hydroxyl groups is 1. The third kappa shape index (κ3) is 3.68. The first kappa shape index (κ1) is 12.8. The van der Waals surface area contributed by atoms with Gasteiger partial charge in [0.2, 0.25) is 5.91 Å². The molecular weight excluding hydrogens is 216 g/mol. The molecule has 17 heavy (non-hydrogen) atoms. The largest absolute Gasteiger partial charge is 0.393 e. The lowest BCUT2D eigenvalue weighted by Gasteiger charge is -2.29. The molecule has 0 aromatic heterocycles. The summed E-state index contributed by atoms with van der Waals surface area (Å²) in [7, 11) is 0. The third-order valence-electron chi connectivity index (χ3n) is 4.12. The van der Waals surface area contributed by atoms with Crippen molar-refractivity contribution in [2.45, 2.75) is 75.5 Å². The van der Waals surface area contributed by atoms with E-state index in [1.54, 1.807) is 0 Å². The van der Waals surface area contributed by atoms with E-state index in [0.29, 0.717) is 12.8 Å². The number of amides is 1. The van der Waals surface area contributed by atoms with Crippen molar-refractivity contribution in [3.05, 3.63) is 0 Å². The lowest BCUT2D eigenvalue weighted by Crippen LogP contribution is -2.46. The van der Waals surface area contributed by atoms with Crippen LogP contribution in [0.4, 0.5) is 0 Å². The van der Waals surface area contributed by atoms with Crippen molar-refractivity contribution < 1.29 is 9.90 Å². The Kier molecular flexibility index (Phi) is 4.05. The Hall–Kier alpha value is -0.610. The van der Waals surface area contributed by atoms with Crippen LogP contribution in [0.1, 0.15) is 57.8 Å². The Morgan fingerprint density at radius 2 is 2.00 bits per heavy atom. The summed E-state index contributed by atoms with van der Waals surface area (Å²) in [6.07, 6.45) is 7.97. The smallest absolute Gasteiger partial charge is 0.222 e. The van der Waals surface area contributed by atoms with Gasteiger partial charge in [-0.2, -0.15) is 0 Å². The van der Waals surface area contributed by atoms with Crippen molar-refractivity contribution in [2.24, 2.45) is 5.73 Å². The number of carbonyl (C=O) groups is 1. The second-order valence-electron chi connectivity index (χ2n) is 5.83. The first-order valence-corrected chi connectivity index (χ1v) is 6.84. The van der Waals surface area contributed by atoms with Crippen LogP contribution >= 0.6 is 0 Å². The molecule has 4 N–H and O–H groups in total. The first-order chi connectivity index (χ1) is 8.07. The maximum Gasteiger partial charge on any atom is 0.222 e. The van der Waals surface area contributed by atoms with E-state index in [1.165, 1.54) is 0 Å². The zero-order chi connectivity index (χ0) is 12.3. The Bertz CT molecular complexity index is 275. The molecule has 2 aliphatic rings. The molecule has 0 saturated heterocycles. The molecule has 0 heterocycles. The van der Waals surface area contributed by atoms with Gasteiger partial charge in [-0.05, 0) is 38.5 Å². The second kappa shape index (κ2) is 5.36. The van der Waals surface area contributed by atoms with Gasteiger partial charge in [-0.15, -0.1) is 0 Å². The van der Waals surface area contributed by atoms with Crippen LogP contribution in [0.25, 0.3) is 0 Å². The minimum Gasteiger partial charge on any atom is -0.393 e. The fraction of sp³-hybridized carbons (Fsp3) is 0.923. The highest BCUT2D eigenvalue weighted by atomic mass is 16.3. The average molecular weight is 240 g/mol. The number of aliphatic hydroxyl groups excluding tert-OH is 1. The Morgan fingerprint density at radius 3 is 2.65 bits per heavy atom. The van der Waals surface area contributed by atoms with E-state index in [-0.39, 0.29) is 23.6 Å². The van der Waals surface area contributed by atoms with Crippen molar-refractivity contribution >= 4 is 5.91 Å². The molecule has 2 fully saturated rings. The van der Waals surface area contributed by atoms with Gasteiger partial charge in [0, 0.05) is 18.0 Å². The average Bonchev–Trinajstić information content (AvgIpc) is 2.64. The van der Waals surface area contributed by atoms with Crippen LogP contribution < -0.4 is 11.1 Å². The molecule has 4 nitrogen and oxygen atoms in total. The lowest BCUT2D eigenvalue weighted by molar-refractivity contribution is -0.123. The van der Waals surface area contributed by atoms with Gasteiger partial charge in [0.15, 0.2) is 0 Å². The van der Waals surface area contributed by atoms with Crippen LogP contribution in [-0.2, 0) is 4.79 Å². The maximum absolute atomic E-state index is 11.9. The number of nitrogens with two attached hydrogens (primary N) is 1. The Balaban J connectivity index is 1.76. The Labute approximate surface area is 103 Å². The van der Waals surface area contributed by atoms with E-state index >= 15 is 0 Å². The van der Waals surface area contributed by atoms with E-state index in [4.69, 9.17) is 5.73 Å². The van der Waals surface area contributed by atoms with Gasteiger partial charge in [-0.3, -0.25) is 4.79 Å². The van der Waals surface area contributed by atoms with Crippen LogP contribution in [-0.4, -0.2) is 28.7 Å². The van der Waals surface area contributed by atoms with Crippen molar-refractivity contribution in [1.29, 1.82) is 0 Å². The summed E-state index contributed by atoms with van der Waals surface area (Å²) in [4.78, 5) is 11.9. The molecule has 4 heteroatoms. The summed E-state index contributed by atoms with van der Waals surface area (Å²) in [6.45, 7) is 0. The molecule has 0 aromatic rings.